The number of rotatable bonds is 5. The quantitative estimate of drug-likeness (QED) is 0.637. The van der Waals surface area contributed by atoms with Gasteiger partial charge in [-0.05, 0) is 62.0 Å². The predicted octanol–water partition coefficient (Wildman–Crippen LogP) is 5.13. The number of aromatic nitrogens is 2. The summed E-state index contributed by atoms with van der Waals surface area (Å²) in [6.07, 6.45) is 10.7. The lowest BCUT2D eigenvalue weighted by molar-refractivity contribution is -0.112. The van der Waals surface area contributed by atoms with Crippen molar-refractivity contribution >= 4 is 44.0 Å². The van der Waals surface area contributed by atoms with Gasteiger partial charge in [0.1, 0.15) is 10.7 Å². The number of fused-ring (bicyclic) bond motifs is 4. The van der Waals surface area contributed by atoms with Crippen molar-refractivity contribution in [2.75, 3.05) is 5.75 Å². The summed E-state index contributed by atoms with van der Waals surface area (Å²) in [6.45, 7) is 4.56. The molecule has 4 nitrogen and oxygen atoms in total. The van der Waals surface area contributed by atoms with E-state index >= 15 is 0 Å². The Balaban J connectivity index is 1.89. The monoisotopic (exact) mass is 414 g/mol. The molecular formula is C22H26N2O2S2. The highest BCUT2D eigenvalue weighted by atomic mass is 32.2. The highest BCUT2D eigenvalue weighted by molar-refractivity contribution is 8.08. The maximum atomic E-state index is 13.3. The summed E-state index contributed by atoms with van der Waals surface area (Å²) in [5.74, 6) is 2.05. The van der Waals surface area contributed by atoms with Gasteiger partial charge in [0.05, 0.1) is 5.39 Å². The van der Waals surface area contributed by atoms with Crippen molar-refractivity contribution in [3.05, 3.63) is 44.3 Å². The molecule has 4 rings (SSSR count). The van der Waals surface area contributed by atoms with Crippen LogP contribution in [0.2, 0.25) is 0 Å². The van der Waals surface area contributed by atoms with Crippen LogP contribution in [0.3, 0.4) is 0 Å². The highest BCUT2D eigenvalue weighted by Gasteiger charge is 2.27. The molecule has 0 bridgehead atoms. The van der Waals surface area contributed by atoms with Gasteiger partial charge in [-0.1, -0.05) is 19.4 Å². The summed E-state index contributed by atoms with van der Waals surface area (Å²) >= 11 is 3.52. The third-order valence-corrected chi connectivity index (χ3v) is 8.02. The number of thioether (sulfide) groups is 1. The minimum atomic E-state index is 0.0677. The molecule has 28 heavy (non-hydrogen) atoms. The third-order valence-electron chi connectivity index (χ3n) is 5.38. The van der Waals surface area contributed by atoms with Crippen LogP contribution in [0.4, 0.5) is 0 Å². The lowest BCUT2D eigenvalue weighted by Gasteiger charge is -2.18. The molecule has 2 aromatic heterocycles. The average molecular weight is 415 g/mol. The van der Waals surface area contributed by atoms with Gasteiger partial charge in [0.2, 0.25) is 0 Å². The lowest BCUT2D eigenvalue weighted by Crippen LogP contribution is -2.24. The third kappa shape index (κ3) is 3.64. The molecule has 3 heterocycles. The molecule has 0 N–H and O–H groups in total. The van der Waals surface area contributed by atoms with E-state index in [1.54, 1.807) is 24.3 Å². The smallest absolute Gasteiger partial charge is 0.262 e. The Morgan fingerprint density at radius 1 is 1.25 bits per heavy atom. The van der Waals surface area contributed by atoms with E-state index in [0.29, 0.717) is 0 Å². The van der Waals surface area contributed by atoms with Crippen molar-refractivity contribution in [1.82, 2.24) is 9.55 Å². The molecule has 1 aliphatic carbocycles. The first kappa shape index (κ1) is 19.6. The number of carbonyl (C=O) groups is 1. The van der Waals surface area contributed by atoms with E-state index in [2.05, 4.69) is 6.92 Å². The van der Waals surface area contributed by atoms with Gasteiger partial charge in [0.15, 0.2) is 5.78 Å². The number of thiophene rings is 1. The number of allylic oxidation sites excluding steroid dienone is 3. The minimum Gasteiger partial charge on any atom is -0.296 e. The van der Waals surface area contributed by atoms with Gasteiger partial charge in [-0.25, -0.2) is 4.98 Å². The molecule has 148 valence electrons. The van der Waals surface area contributed by atoms with Crippen LogP contribution in [-0.4, -0.2) is 21.1 Å². The molecule has 0 radical (unpaired) electrons. The second-order valence-corrected chi connectivity index (χ2v) is 9.64. The van der Waals surface area contributed by atoms with E-state index in [9.17, 15) is 9.59 Å². The van der Waals surface area contributed by atoms with Crippen LogP contribution in [-0.2, 0) is 24.2 Å². The zero-order valence-corrected chi connectivity index (χ0v) is 18.2. The van der Waals surface area contributed by atoms with E-state index in [0.717, 1.165) is 66.9 Å². The molecule has 0 fully saturated rings. The average Bonchev–Trinajstić information content (AvgIpc) is 2.87. The van der Waals surface area contributed by atoms with E-state index in [-0.39, 0.29) is 11.3 Å². The Hall–Kier alpha value is -1.66. The van der Waals surface area contributed by atoms with Gasteiger partial charge in [-0.2, -0.15) is 0 Å². The van der Waals surface area contributed by atoms with Crippen molar-refractivity contribution in [1.29, 1.82) is 0 Å². The van der Waals surface area contributed by atoms with Crippen LogP contribution in [0.5, 0.6) is 0 Å². The van der Waals surface area contributed by atoms with Crippen molar-refractivity contribution in [2.45, 2.75) is 65.3 Å². The predicted molar refractivity (Wildman–Crippen MR) is 119 cm³/mol. The number of nitrogens with zero attached hydrogens (tertiary/aromatic N) is 2. The highest BCUT2D eigenvalue weighted by Crippen LogP contribution is 2.45. The minimum absolute atomic E-state index is 0.0677. The normalized spacial score (nSPS) is 17.1. The van der Waals surface area contributed by atoms with Crippen molar-refractivity contribution < 1.29 is 4.79 Å². The summed E-state index contributed by atoms with van der Waals surface area (Å²) in [5.41, 5.74) is 2.55. The van der Waals surface area contributed by atoms with Crippen LogP contribution in [0, 0.1) is 0 Å². The zero-order chi connectivity index (χ0) is 19.7. The van der Waals surface area contributed by atoms with Gasteiger partial charge >= 0.3 is 0 Å². The fraction of sp³-hybridized carbons (Fsp3) is 0.500. The van der Waals surface area contributed by atoms with Crippen molar-refractivity contribution in [2.24, 2.45) is 0 Å². The SMILES string of the molecule is CCCSC1=C(/C=C/C(C)=O)CCc2c1sc1nc3n(c(=O)c21)CCCCC3. The number of ketones is 1. The van der Waals surface area contributed by atoms with Crippen LogP contribution in [0.15, 0.2) is 22.5 Å². The van der Waals surface area contributed by atoms with Crippen LogP contribution in [0.1, 0.15) is 62.2 Å². The summed E-state index contributed by atoms with van der Waals surface area (Å²) in [5, 5.41) is 0.842. The summed E-state index contributed by atoms with van der Waals surface area (Å²) in [7, 11) is 0. The Kier molecular flexibility index (Phi) is 5.88. The maximum Gasteiger partial charge on any atom is 0.262 e. The topological polar surface area (TPSA) is 52.0 Å². The van der Waals surface area contributed by atoms with Crippen LogP contribution >= 0.6 is 23.1 Å². The van der Waals surface area contributed by atoms with Crippen molar-refractivity contribution in [3.63, 3.8) is 0 Å². The summed E-state index contributed by atoms with van der Waals surface area (Å²) < 4.78 is 1.93. The molecule has 0 unspecified atom stereocenters. The van der Waals surface area contributed by atoms with E-state index in [1.165, 1.54) is 27.3 Å². The molecule has 0 atom stereocenters. The first-order valence-electron chi connectivity index (χ1n) is 10.2. The summed E-state index contributed by atoms with van der Waals surface area (Å²) in [6, 6.07) is 0. The zero-order valence-electron chi connectivity index (χ0n) is 16.5. The molecule has 0 amide bonds. The molecule has 0 saturated carbocycles. The standard InChI is InChI=1S/C22H26N2O2S2/c1-3-13-27-19-15(9-8-14(2)25)10-11-16-18-21(28-20(16)19)23-17-7-5-4-6-12-24(17)22(18)26/h8-9H,3-7,10-13H2,1-2H3/b9-8+. The Labute approximate surface area is 173 Å². The fourth-order valence-corrected chi connectivity index (χ4v) is 6.54. The Morgan fingerprint density at radius 3 is 2.89 bits per heavy atom. The van der Waals surface area contributed by atoms with Crippen LogP contribution in [0.25, 0.3) is 15.1 Å². The maximum absolute atomic E-state index is 13.3. The molecule has 1 aliphatic heterocycles. The second kappa shape index (κ2) is 8.37. The number of carbonyl (C=O) groups excluding carboxylic acids is 1. The van der Waals surface area contributed by atoms with Crippen LogP contribution < -0.4 is 5.56 Å². The Bertz CT molecular complexity index is 1040. The van der Waals surface area contributed by atoms with E-state index < -0.39 is 0 Å². The number of hydrogen-bond donors (Lipinski definition) is 0. The van der Waals surface area contributed by atoms with Gasteiger partial charge < -0.3 is 0 Å². The first-order chi connectivity index (χ1) is 13.6. The van der Waals surface area contributed by atoms with Gasteiger partial charge in [0, 0.05) is 22.7 Å². The van der Waals surface area contributed by atoms with E-state index in [4.69, 9.17) is 4.98 Å². The molecular weight excluding hydrogens is 388 g/mol. The van der Waals surface area contributed by atoms with E-state index in [1.807, 2.05) is 22.4 Å². The Morgan fingerprint density at radius 2 is 2.11 bits per heavy atom. The van der Waals surface area contributed by atoms with Crippen molar-refractivity contribution in [3.8, 4) is 0 Å². The number of aryl methyl sites for hydroxylation is 2. The molecule has 2 aromatic rings. The largest absolute Gasteiger partial charge is 0.296 e. The number of hydrogen-bond acceptors (Lipinski definition) is 5. The lowest BCUT2D eigenvalue weighted by atomic mass is 9.95. The molecule has 2 aliphatic rings. The molecule has 0 spiro atoms. The fourth-order valence-electron chi connectivity index (χ4n) is 4.01. The summed E-state index contributed by atoms with van der Waals surface area (Å²) in [4.78, 5) is 33.0. The molecule has 6 heteroatoms. The van der Waals surface area contributed by atoms with Gasteiger partial charge in [0.25, 0.3) is 5.56 Å². The molecule has 0 saturated heterocycles. The molecule has 0 aromatic carbocycles. The van der Waals surface area contributed by atoms with Gasteiger partial charge in [-0.3, -0.25) is 14.2 Å². The second-order valence-electron chi connectivity index (χ2n) is 7.53. The first-order valence-corrected chi connectivity index (χ1v) is 12.0. The van der Waals surface area contributed by atoms with Gasteiger partial charge in [-0.15, -0.1) is 23.1 Å².